The van der Waals surface area contributed by atoms with Gasteiger partial charge >= 0.3 is 6.09 Å². The molecule has 210 valence electrons. The number of carbonyl (C=O) groups is 1. The fourth-order valence-electron chi connectivity index (χ4n) is 3.95. The molecule has 1 fully saturated rings. The molecule has 10 nitrogen and oxygen atoms in total. The minimum Gasteiger partial charge on any atom is -0.449 e. The fraction of sp³-hybridized carbons (Fsp3) is 0.440. The molecule has 14 heteroatoms. The molecular weight excluding hydrogens is 583 g/mol. The molecule has 1 saturated heterocycles. The Morgan fingerprint density at radius 3 is 2.56 bits per heavy atom. The van der Waals surface area contributed by atoms with Crippen LogP contribution in [0.15, 0.2) is 30.5 Å². The summed E-state index contributed by atoms with van der Waals surface area (Å²) in [4.78, 5) is 30.2. The lowest BCUT2D eigenvalue weighted by Gasteiger charge is -2.34. The Balaban J connectivity index is 1.66. The summed E-state index contributed by atoms with van der Waals surface area (Å²) in [5, 5.41) is 1.04. The van der Waals surface area contributed by atoms with E-state index in [1.807, 2.05) is 13.8 Å². The van der Waals surface area contributed by atoms with Gasteiger partial charge in [0.15, 0.2) is 5.13 Å². The summed E-state index contributed by atoms with van der Waals surface area (Å²) in [6.07, 6.45) is 1.73. The maximum atomic E-state index is 12.4. The van der Waals surface area contributed by atoms with Crippen LogP contribution in [-0.2, 0) is 14.8 Å². The average molecular weight is 614 g/mol. The van der Waals surface area contributed by atoms with Crippen LogP contribution in [0, 0.1) is 5.92 Å². The molecule has 1 aliphatic heterocycles. The van der Waals surface area contributed by atoms with Crippen molar-refractivity contribution in [2.45, 2.75) is 27.2 Å². The van der Waals surface area contributed by atoms with Crippen LogP contribution in [0.4, 0.5) is 15.6 Å². The lowest BCUT2D eigenvalue weighted by Crippen LogP contribution is -2.49. The molecule has 39 heavy (non-hydrogen) atoms. The number of sulfonamides is 1. The number of carbonyl (C=O) groups excluding carboxylic acids is 1. The minimum atomic E-state index is -3.55. The first-order valence-electron chi connectivity index (χ1n) is 12.5. The Kier molecular flexibility index (Phi) is 9.52. The van der Waals surface area contributed by atoms with Crippen LogP contribution < -0.4 is 9.62 Å². The number of thiazole rings is 1. The zero-order valence-corrected chi connectivity index (χ0v) is 25.0. The highest BCUT2D eigenvalue weighted by Gasteiger charge is 2.27. The second-order valence-electron chi connectivity index (χ2n) is 9.42. The quantitative estimate of drug-likeness (QED) is 0.308. The van der Waals surface area contributed by atoms with Crippen LogP contribution in [0.3, 0.4) is 0 Å². The van der Waals surface area contributed by atoms with Crippen LogP contribution in [-0.4, -0.2) is 72.9 Å². The highest BCUT2D eigenvalue weighted by molar-refractivity contribution is 7.92. The van der Waals surface area contributed by atoms with Gasteiger partial charge in [0.05, 0.1) is 39.3 Å². The summed E-state index contributed by atoms with van der Waals surface area (Å²) in [5.41, 5.74) is 1.94. The van der Waals surface area contributed by atoms with E-state index in [1.165, 1.54) is 11.3 Å². The Bertz CT molecular complexity index is 1430. The fourth-order valence-corrected chi connectivity index (χ4v) is 6.66. The van der Waals surface area contributed by atoms with Gasteiger partial charge in [-0.2, -0.15) is 0 Å². The van der Waals surface area contributed by atoms with Crippen molar-refractivity contribution in [3.05, 3.63) is 40.8 Å². The number of halogens is 2. The number of amides is 1. The standard InChI is InChI=1S/C25H30Cl2N6O4S2/c1-4-14-39(35,36)31-18-7-5-6-17(20(18)26)21-22(19-8-9-28-23(27)29-19)38-24(30-21)32-10-12-33(13-11-32)25(34)37-15-16(2)3/h5-9,16,31H,4,10-15H2,1-3H3. The smallest absolute Gasteiger partial charge is 0.409 e. The molecule has 2 aromatic heterocycles. The predicted molar refractivity (Wildman–Crippen MR) is 156 cm³/mol. The van der Waals surface area contributed by atoms with Crippen molar-refractivity contribution in [1.29, 1.82) is 0 Å². The lowest BCUT2D eigenvalue weighted by atomic mass is 10.1. The number of hydrogen-bond donors (Lipinski definition) is 1. The highest BCUT2D eigenvalue weighted by Crippen LogP contribution is 2.44. The van der Waals surface area contributed by atoms with Crippen LogP contribution in [0.25, 0.3) is 21.8 Å². The first-order chi connectivity index (χ1) is 18.6. The van der Waals surface area contributed by atoms with Crippen LogP contribution in [0.2, 0.25) is 10.3 Å². The zero-order chi connectivity index (χ0) is 28.2. The number of nitrogens with one attached hydrogen (secondary N) is 1. The van der Waals surface area contributed by atoms with Gasteiger partial charge < -0.3 is 14.5 Å². The summed E-state index contributed by atoms with van der Waals surface area (Å²) in [6.45, 7) is 8.30. The van der Waals surface area contributed by atoms with Gasteiger partial charge in [-0.05, 0) is 36.1 Å². The number of anilines is 2. The molecule has 4 rings (SSSR count). The maximum absolute atomic E-state index is 12.4. The number of rotatable bonds is 9. The van der Waals surface area contributed by atoms with E-state index in [0.717, 1.165) is 5.13 Å². The van der Waals surface area contributed by atoms with Gasteiger partial charge in [0, 0.05) is 37.9 Å². The van der Waals surface area contributed by atoms with Crippen molar-refractivity contribution >= 4 is 61.5 Å². The normalized spacial score (nSPS) is 14.1. The number of piperazine rings is 1. The SMILES string of the molecule is CCCS(=O)(=O)Nc1cccc(-c2nc(N3CCN(C(=O)OCC(C)C)CC3)sc2-c2ccnc(Cl)n2)c1Cl. The minimum absolute atomic E-state index is 0.0178. The molecule has 1 aliphatic rings. The molecule has 3 heterocycles. The van der Waals surface area contributed by atoms with Gasteiger partial charge in [-0.15, -0.1) is 0 Å². The summed E-state index contributed by atoms with van der Waals surface area (Å²) >= 11 is 14.3. The van der Waals surface area contributed by atoms with Crippen molar-refractivity contribution in [2.75, 3.05) is 48.2 Å². The van der Waals surface area contributed by atoms with Gasteiger partial charge in [0.2, 0.25) is 15.3 Å². The van der Waals surface area contributed by atoms with E-state index in [9.17, 15) is 13.2 Å². The van der Waals surface area contributed by atoms with Gasteiger partial charge in [-0.3, -0.25) is 4.72 Å². The second kappa shape index (κ2) is 12.7. The molecule has 0 spiro atoms. The Morgan fingerprint density at radius 2 is 1.90 bits per heavy atom. The topological polar surface area (TPSA) is 118 Å². The highest BCUT2D eigenvalue weighted by atomic mass is 35.5. The zero-order valence-electron chi connectivity index (χ0n) is 21.9. The third-order valence-electron chi connectivity index (χ3n) is 5.82. The van der Waals surface area contributed by atoms with Gasteiger partial charge in [0.25, 0.3) is 0 Å². The van der Waals surface area contributed by atoms with Crippen molar-refractivity contribution in [3.8, 4) is 21.8 Å². The molecular formula is C25H30Cl2N6O4S2. The molecule has 0 aliphatic carbocycles. The van der Waals surface area contributed by atoms with E-state index in [4.69, 9.17) is 32.9 Å². The summed E-state index contributed by atoms with van der Waals surface area (Å²) < 4.78 is 32.8. The molecule has 1 N–H and O–H groups in total. The van der Waals surface area contributed by atoms with Crippen molar-refractivity contribution in [3.63, 3.8) is 0 Å². The first kappa shape index (κ1) is 29.3. The van der Waals surface area contributed by atoms with E-state index in [0.29, 0.717) is 61.0 Å². The molecule has 1 amide bonds. The Labute approximate surface area is 242 Å². The van der Waals surface area contributed by atoms with Gasteiger partial charge in [-0.1, -0.05) is 55.8 Å². The molecule has 0 bridgehead atoms. The number of benzene rings is 1. The van der Waals surface area contributed by atoms with Crippen LogP contribution in [0.5, 0.6) is 0 Å². The Morgan fingerprint density at radius 1 is 1.15 bits per heavy atom. The third-order valence-corrected chi connectivity index (χ3v) is 9.02. The van der Waals surface area contributed by atoms with Gasteiger partial charge in [-0.25, -0.2) is 28.2 Å². The summed E-state index contributed by atoms with van der Waals surface area (Å²) in [5.74, 6) is 0.251. The second-order valence-corrected chi connectivity index (χ2v) is 13.0. The van der Waals surface area contributed by atoms with Crippen LogP contribution >= 0.6 is 34.5 Å². The molecule has 0 saturated carbocycles. The van der Waals surface area contributed by atoms with Crippen molar-refractivity contribution in [2.24, 2.45) is 5.92 Å². The van der Waals surface area contributed by atoms with Gasteiger partial charge in [0.1, 0.15) is 0 Å². The average Bonchev–Trinajstić information content (AvgIpc) is 3.34. The monoisotopic (exact) mass is 612 g/mol. The van der Waals surface area contributed by atoms with Crippen LogP contribution in [0.1, 0.15) is 27.2 Å². The molecule has 0 atom stereocenters. The summed E-state index contributed by atoms with van der Waals surface area (Å²) in [6, 6.07) is 6.86. The van der Waals surface area contributed by atoms with E-state index in [2.05, 4.69) is 19.6 Å². The number of ether oxygens (including phenoxy) is 1. The van der Waals surface area contributed by atoms with E-state index in [1.54, 1.807) is 42.3 Å². The van der Waals surface area contributed by atoms with E-state index < -0.39 is 10.0 Å². The number of nitrogens with zero attached hydrogens (tertiary/aromatic N) is 5. The van der Waals surface area contributed by atoms with E-state index in [-0.39, 0.29) is 33.8 Å². The summed E-state index contributed by atoms with van der Waals surface area (Å²) in [7, 11) is -3.55. The molecule has 0 unspecified atom stereocenters. The predicted octanol–water partition coefficient (Wildman–Crippen LogP) is 5.64. The van der Waals surface area contributed by atoms with Crippen molar-refractivity contribution in [1.82, 2.24) is 19.9 Å². The third kappa shape index (κ3) is 7.30. The number of aromatic nitrogens is 3. The maximum Gasteiger partial charge on any atom is 0.409 e. The largest absolute Gasteiger partial charge is 0.449 e. The van der Waals surface area contributed by atoms with E-state index >= 15 is 0 Å². The Hall–Kier alpha value is -2.67. The van der Waals surface area contributed by atoms with Crippen molar-refractivity contribution < 1.29 is 17.9 Å². The number of hydrogen-bond acceptors (Lipinski definition) is 9. The first-order valence-corrected chi connectivity index (χ1v) is 15.8. The molecule has 3 aromatic rings. The molecule has 0 radical (unpaired) electrons. The lowest BCUT2D eigenvalue weighted by molar-refractivity contribution is 0.0901. The molecule has 1 aromatic carbocycles.